The van der Waals surface area contributed by atoms with Crippen LogP contribution in [0, 0.1) is 0 Å². The van der Waals surface area contributed by atoms with E-state index in [0.29, 0.717) is 0 Å². The third-order valence-corrected chi connectivity index (χ3v) is 3.03. The number of nitrogens with one attached hydrogen (secondary N) is 1. The summed E-state index contributed by atoms with van der Waals surface area (Å²) in [5, 5.41) is 3.42. The van der Waals surface area contributed by atoms with Crippen LogP contribution < -0.4 is 5.32 Å². The second kappa shape index (κ2) is 4.78. The first-order valence-corrected chi connectivity index (χ1v) is 5.66. The molecule has 0 spiro atoms. The van der Waals surface area contributed by atoms with Crippen LogP contribution in [0.4, 0.5) is 0 Å². The summed E-state index contributed by atoms with van der Waals surface area (Å²) in [6.45, 7) is 13.1. The molecular formula is C11H23N3. The topological polar surface area (TPSA) is 27.6 Å². The molecule has 0 aliphatic carbocycles. The van der Waals surface area contributed by atoms with E-state index in [9.17, 15) is 0 Å². The van der Waals surface area contributed by atoms with Crippen molar-refractivity contribution >= 4 is 5.84 Å². The molecule has 3 heteroatoms. The summed E-state index contributed by atoms with van der Waals surface area (Å²) in [6.07, 6.45) is 1.16. The Morgan fingerprint density at radius 1 is 1.36 bits per heavy atom. The molecule has 82 valence electrons. The highest BCUT2D eigenvalue weighted by molar-refractivity contribution is 5.91. The number of rotatable bonds is 4. The molecule has 1 aliphatic heterocycles. The normalized spacial score (nSPS) is 17.9. The lowest BCUT2D eigenvalue weighted by molar-refractivity contribution is 0.192. The van der Waals surface area contributed by atoms with E-state index in [-0.39, 0.29) is 5.54 Å². The second-order valence-electron chi connectivity index (χ2n) is 4.24. The van der Waals surface area contributed by atoms with Crippen molar-refractivity contribution in [2.24, 2.45) is 4.99 Å². The summed E-state index contributed by atoms with van der Waals surface area (Å²) < 4.78 is 0. The lowest BCUT2D eigenvalue weighted by Gasteiger charge is -2.39. The van der Waals surface area contributed by atoms with Gasteiger partial charge in [0.15, 0.2) is 0 Å². The molecule has 0 radical (unpaired) electrons. The minimum absolute atomic E-state index is 0.0594. The molecular weight excluding hydrogens is 174 g/mol. The van der Waals surface area contributed by atoms with Crippen molar-refractivity contribution in [3.8, 4) is 0 Å². The highest BCUT2D eigenvalue weighted by Gasteiger charge is 2.30. The van der Waals surface area contributed by atoms with E-state index < -0.39 is 0 Å². The fraction of sp³-hybridized carbons (Fsp3) is 0.909. The van der Waals surface area contributed by atoms with Gasteiger partial charge in [0.25, 0.3) is 0 Å². The van der Waals surface area contributed by atoms with Gasteiger partial charge in [0.2, 0.25) is 0 Å². The van der Waals surface area contributed by atoms with E-state index in [2.05, 4.69) is 42.9 Å². The zero-order chi connectivity index (χ0) is 10.6. The van der Waals surface area contributed by atoms with E-state index in [1.165, 1.54) is 0 Å². The monoisotopic (exact) mass is 197 g/mol. The van der Waals surface area contributed by atoms with Crippen LogP contribution in [0.1, 0.15) is 34.1 Å². The van der Waals surface area contributed by atoms with E-state index in [0.717, 1.165) is 38.4 Å². The van der Waals surface area contributed by atoms with Gasteiger partial charge in [-0.25, -0.2) is 0 Å². The van der Waals surface area contributed by atoms with Crippen LogP contribution in [-0.4, -0.2) is 42.5 Å². The summed E-state index contributed by atoms with van der Waals surface area (Å²) in [4.78, 5) is 7.02. The quantitative estimate of drug-likeness (QED) is 0.739. The number of nitrogens with zero attached hydrogens (tertiary/aromatic N) is 2. The van der Waals surface area contributed by atoms with Crippen LogP contribution >= 0.6 is 0 Å². The molecule has 0 aromatic heterocycles. The molecule has 0 fully saturated rings. The Balaban J connectivity index is 2.75. The van der Waals surface area contributed by atoms with Gasteiger partial charge in [-0.3, -0.25) is 9.89 Å². The lowest BCUT2D eigenvalue weighted by Crippen LogP contribution is -2.56. The smallest absolute Gasteiger partial charge is 0.116 e. The van der Waals surface area contributed by atoms with Crippen molar-refractivity contribution in [2.75, 3.05) is 26.2 Å². The molecule has 0 saturated carbocycles. The Kier molecular flexibility index (Phi) is 3.93. The van der Waals surface area contributed by atoms with Crippen molar-refractivity contribution < 1.29 is 0 Å². The summed E-state index contributed by atoms with van der Waals surface area (Å²) in [6, 6.07) is 0. The zero-order valence-corrected chi connectivity index (χ0v) is 9.93. The highest BCUT2D eigenvalue weighted by atomic mass is 15.2. The van der Waals surface area contributed by atoms with Crippen LogP contribution in [0.2, 0.25) is 0 Å². The average molecular weight is 197 g/mol. The van der Waals surface area contributed by atoms with Crippen molar-refractivity contribution in [1.29, 1.82) is 0 Å². The average Bonchev–Trinajstić information content (AvgIpc) is 2.20. The van der Waals surface area contributed by atoms with Gasteiger partial charge in [-0.2, -0.15) is 0 Å². The summed E-state index contributed by atoms with van der Waals surface area (Å²) in [7, 11) is 0. The molecule has 0 aromatic rings. The summed E-state index contributed by atoms with van der Waals surface area (Å²) in [5.41, 5.74) is 0.0594. The molecule has 0 atom stereocenters. The van der Waals surface area contributed by atoms with E-state index in [1.807, 2.05) is 0 Å². The van der Waals surface area contributed by atoms with Gasteiger partial charge in [-0.15, -0.1) is 0 Å². The van der Waals surface area contributed by atoms with Gasteiger partial charge in [-0.1, -0.05) is 13.8 Å². The maximum Gasteiger partial charge on any atom is 0.116 e. The maximum atomic E-state index is 4.58. The molecule has 0 aromatic carbocycles. The molecule has 0 bridgehead atoms. The minimum atomic E-state index is 0.0594. The molecule has 0 amide bonds. The molecule has 0 unspecified atom stereocenters. The Morgan fingerprint density at radius 2 is 2.00 bits per heavy atom. The van der Waals surface area contributed by atoms with Crippen LogP contribution in [0.25, 0.3) is 0 Å². The number of hydrogen-bond donors (Lipinski definition) is 1. The summed E-state index contributed by atoms with van der Waals surface area (Å²) >= 11 is 0. The van der Waals surface area contributed by atoms with Crippen molar-refractivity contribution in [3.05, 3.63) is 0 Å². The van der Waals surface area contributed by atoms with Crippen molar-refractivity contribution in [2.45, 2.75) is 39.7 Å². The molecule has 0 saturated heterocycles. The first-order chi connectivity index (χ1) is 6.62. The number of likely N-dealkylation sites (N-methyl/N-ethyl adjacent to an activating group) is 1. The summed E-state index contributed by atoms with van der Waals surface area (Å²) in [5.74, 6) is 1.16. The van der Waals surface area contributed by atoms with E-state index >= 15 is 0 Å². The molecule has 14 heavy (non-hydrogen) atoms. The number of hydrogen-bond acceptors (Lipinski definition) is 3. The highest BCUT2D eigenvalue weighted by Crippen LogP contribution is 2.16. The standard InChI is InChI=1S/C11H23N3/c1-5-14(6-2)11(3,4)10-12-8-7-9-13-10/h5-9H2,1-4H3,(H,12,13). The Bertz CT molecular complexity index is 205. The predicted octanol–water partition coefficient (Wildman–Crippen LogP) is 1.50. The van der Waals surface area contributed by atoms with Crippen LogP contribution in [0.3, 0.4) is 0 Å². The Hall–Kier alpha value is -0.570. The molecule has 1 heterocycles. The first-order valence-electron chi connectivity index (χ1n) is 5.66. The second-order valence-corrected chi connectivity index (χ2v) is 4.24. The van der Waals surface area contributed by atoms with Crippen LogP contribution in [0.15, 0.2) is 4.99 Å². The lowest BCUT2D eigenvalue weighted by atomic mass is 9.99. The number of amidine groups is 1. The van der Waals surface area contributed by atoms with Crippen LogP contribution in [0.5, 0.6) is 0 Å². The third kappa shape index (κ3) is 2.27. The predicted molar refractivity (Wildman–Crippen MR) is 61.9 cm³/mol. The van der Waals surface area contributed by atoms with E-state index in [4.69, 9.17) is 0 Å². The van der Waals surface area contributed by atoms with E-state index in [1.54, 1.807) is 0 Å². The zero-order valence-electron chi connectivity index (χ0n) is 9.93. The van der Waals surface area contributed by atoms with Gasteiger partial charge >= 0.3 is 0 Å². The van der Waals surface area contributed by atoms with Crippen molar-refractivity contribution in [3.63, 3.8) is 0 Å². The maximum absolute atomic E-state index is 4.58. The van der Waals surface area contributed by atoms with Gasteiger partial charge in [0.1, 0.15) is 5.84 Å². The van der Waals surface area contributed by atoms with Gasteiger partial charge < -0.3 is 5.32 Å². The minimum Gasteiger partial charge on any atom is -0.372 e. The SMILES string of the molecule is CCN(CC)C(C)(C)C1=NCCCN1. The third-order valence-electron chi connectivity index (χ3n) is 3.03. The Labute approximate surface area is 87.6 Å². The van der Waals surface area contributed by atoms with Gasteiger partial charge in [0, 0.05) is 13.1 Å². The molecule has 1 aliphatic rings. The Morgan fingerprint density at radius 3 is 2.43 bits per heavy atom. The fourth-order valence-corrected chi connectivity index (χ4v) is 2.11. The largest absolute Gasteiger partial charge is 0.372 e. The molecule has 1 N–H and O–H groups in total. The van der Waals surface area contributed by atoms with Gasteiger partial charge in [0.05, 0.1) is 5.54 Å². The van der Waals surface area contributed by atoms with Crippen LogP contribution in [-0.2, 0) is 0 Å². The fourth-order valence-electron chi connectivity index (χ4n) is 2.11. The molecule has 3 nitrogen and oxygen atoms in total. The first kappa shape index (κ1) is 11.5. The number of aliphatic imine (C=N–C) groups is 1. The van der Waals surface area contributed by atoms with Gasteiger partial charge in [-0.05, 0) is 33.4 Å². The van der Waals surface area contributed by atoms with Crippen molar-refractivity contribution in [1.82, 2.24) is 10.2 Å². The molecule has 1 rings (SSSR count).